The molecule has 1 aliphatic carbocycles. The van der Waals surface area contributed by atoms with E-state index in [1.165, 1.54) is 7.11 Å². The Morgan fingerprint density at radius 2 is 1.77 bits per heavy atom. The minimum Gasteiger partial charge on any atom is -0.480 e. The molecule has 1 atom stereocenters. The predicted octanol–water partition coefficient (Wildman–Crippen LogP) is 3.45. The first kappa shape index (κ1) is 27.1. The zero-order valence-electron chi connectivity index (χ0n) is 22.8. The third-order valence-electron chi connectivity index (χ3n) is 8.12. The number of nitrogens with zero attached hydrogens (tertiary/aromatic N) is 3. The molecular weight excluding hydrogens is 494 g/mol. The van der Waals surface area contributed by atoms with Crippen LogP contribution in [0, 0.1) is 0 Å². The van der Waals surface area contributed by atoms with Gasteiger partial charge in [0.25, 0.3) is 11.8 Å². The van der Waals surface area contributed by atoms with Crippen molar-refractivity contribution < 1.29 is 19.1 Å². The molecule has 1 saturated heterocycles. The zero-order chi connectivity index (χ0) is 27.2. The van der Waals surface area contributed by atoms with Crippen molar-refractivity contribution >= 4 is 17.7 Å². The molecule has 1 saturated carbocycles. The number of methoxy groups -OCH3 is 1. The van der Waals surface area contributed by atoms with Crippen LogP contribution in [0.3, 0.4) is 0 Å². The van der Waals surface area contributed by atoms with Crippen LogP contribution in [0.4, 0.5) is 0 Å². The zero-order valence-corrected chi connectivity index (χ0v) is 22.8. The standard InChI is InChI=1S/C30H39N5O4/c1-39-28-24(18-23-26(33-28)20-35(30(23)38)22-12-5-6-13-22)29(37)34-16-8-7-14-31-25(21-10-3-2-4-11-21)19-27(36)32-15-9-17-34/h2-4,10-11,18,22,25,31H,5-9,12-17,19-20H2,1H3,(H,32,36). The Morgan fingerprint density at radius 3 is 2.54 bits per heavy atom. The fraction of sp³-hybridized carbons (Fsp3) is 0.533. The van der Waals surface area contributed by atoms with Crippen LogP contribution in [0.1, 0.15) is 89.4 Å². The van der Waals surface area contributed by atoms with Crippen LogP contribution in [0.5, 0.6) is 5.88 Å². The largest absolute Gasteiger partial charge is 0.480 e. The van der Waals surface area contributed by atoms with Crippen molar-refractivity contribution in [1.29, 1.82) is 0 Å². The minimum absolute atomic E-state index is 0.0108. The summed E-state index contributed by atoms with van der Waals surface area (Å²) in [6.07, 6.45) is 7.01. The molecule has 3 amide bonds. The number of hydrogen-bond acceptors (Lipinski definition) is 6. The number of benzene rings is 1. The van der Waals surface area contributed by atoms with E-state index in [-0.39, 0.29) is 35.7 Å². The van der Waals surface area contributed by atoms with Gasteiger partial charge in [0.15, 0.2) is 0 Å². The average Bonchev–Trinajstić information content (AvgIpc) is 3.60. The molecule has 0 bridgehead atoms. The van der Waals surface area contributed by atoms with Gasteiger partial charge in [-0.2, -0.15) is 0 Å². The lowest BCUT2D eigenvalue weighted by atomic mass is 10.0. The Hall–Kier alpha value is -3.46. The molecule has 208 valence electrons. The molecule has 3 aliphatic rings. The van der Waals surface area contributed by atoms with Crippen molar-refractivity contribution in [2.75, 3.05) is 33.3 Å². The van der Waals surface area contributed by atoms with E-state index in [0.717, 1.165) is 50.6 Å². The smallest absolute Gasteiger partial charge is 0.259 e. The monoisotopic (exact) mass is 533 g/mol. The predicted molar refractivity (Wildman–Crippen MR) is 147 cm³/mol. The summed E-state index contributed by atoms with van der Waals surface area (Å²) in [4.78, 5) is 48.0. The number of ether oxygens (including phenoxy) is 1. The first-order valence-electron chi connectivity index (χ1n) is 14.3. The summed E-state index contributed by atoms with van der Waals surface area (Å²) < 4.78 is 5.54. The van der Waals surface area contributed by atoms with Crippen LogP contribution in [0.2, 0.25) is 0 Å². The number of carbonyl (C=O) groups is 3. The molecule has 2 N–H and O–H groups in total. The number of amides is 3. The maximum Gasteiger partial charge on any atom is 0.259 e. The molecule has 1 unspecified atom stereocenters. The van der Waals surface area contributed by atoms with Crippen molar-refractivity contribution in [3.63, 3.8) is 0 Å². The molecule has 0 spiro atoms. The highest BCUT2D eigenvalue weighted by molar-refractivity contribution is 6.03. The molecule has 39 heavy (non-hydrogen) atoms. The van der Waals surface area contributed by atoms with Crippen LogP contribution in [0.25, 0.3) is 0 Å². The first-order chi connectivity index (χ1) is 19.0. The summed E-state index contributed by atoms with van der Waals surface area (Å²) in [5.41, 5.74) is 2.62. The van der Waals surface area contributed by atoms with Crippen molar-refractivity contribution in [3.8, 4) is 5.88 Å². The van der Waals surface area contributed by atoms with E-state index in [0.29, 0.717) is 55.8 Å². The molecule has 2 aromatic rings. The van der Waals surface area contributed by atoms with E-state index in [9.17, 15) is 14.4 Å². The van der Waals surface area contributed by atoms with Gasteiger partial charge in [0, 0.05) is 38.1 Å². The van der Waals surface area contributed by atoms with Crippen molar-refractivity contribution in [1.82, 2.24) is 25.4 Å². The van der Waals surface area contributed by atoms with Gasteiger partial charge in [0.05, 0.1) is 24.9 Å². The molecule has 3 heterocycles. The van der Waals surface area contributed by atoms with Gasteiger partial charge in [0.2, 0.25) is 11.8 Å². The van der Waals surface area contributed by atoms with Crippen LogP contribution < -0.4 is 15.4 Å². The van der Waals surface area contributed by atoms with E-state index in [1.54, 1.807) is 11.0 Å². The molecule has 2 fully saturated rings. The van der Waals surface area contributed by atoms with Gasteiger partial charge in [-0.25, -0.2) is 4.98 Å². The summed E-state index contributed by atoms with van der Waals surface area (Å²) in [6, 6.07) is 11.9. The average molecular weight is 534 g/mol. The number of carbonyl (C=O) groups excluding carboxylic acids is 3. The maximum absolute atomic E-state index is 13.8. The number of pyridine rings is 1. The van der Waals surface area contributed by atoms with Gasteiger partial charge in [-0.3, -0.25) is 14.4 Å². The van der Waals surface area contributed by atoms with Crippen LogP contribution >= 0.6 is 0 Å². The summed E-state index contributed by atoms with van der Waals surface area (Å²) in [7, 11) is 1.52. The second kappa shape index (κ2) is 12.6. The second-order valence-electron chi connectivity index (χ2n) is 10.7. The first-order valence-corrected chi connectivity index (χ1v) is 14.3. The third kappa shape index (κ3) is 6.24. The van der Waals surface area contributed by atoms with Gasteiger partial charge < -0.3 is 25.2 Å². The topological polar surface area (TPSA) is 104 Å². The van der Waals surface area contributed by atoms with Crippen molar-refractivity contribution in [2.45, 2.75) is 70.0 Å². The fourth-order valence-electron chi connectivity index (χ4n) is 5.98. The van der Waals surface area contributed by atoms with E-state index in [4.69, 9.17) is 4.74 Å². The molecule has 2 aliphatic heterocycles. The molecule has 1 aromatic heterocycles. The number of nitrogens with one attached hydrogen (secondary N) is 2. The lowest BCUT2D eigenvalue weighted by molar-refractivity contribution is -0.121. The van der Waals surface area contributed by atoms with Gasteiger partial charge >= 0.3 is 0 Å². The van der Waals surface area contributed by atoms with E-state index >= 15 is 0 Å². The highest BCUT2D eigenvalue weighted by atomic mass is 16.5. The Labute approximate surface area is 230 Å². The van der Waals surface area contributed by atoms with E-state index in [2.05, 4.69) is 15.6 Å². The number of fused-ring (bicyclic) bond motifs is 1. The fourth-order valence-corrected chi connectivity index (χ4v) is 5.98. The van der Waals surface area contributed by atoms with Gasteiger partial charge in [0.1, 0.15) is 5.56 Å². The molecule has 0 radical (unpaired) electrons. The Morgan fingerprint density at radius 1 is 1.00 bits per heavy atom. The highest BCUT2D eigenvalue weighted by Crippen LogP contribution is 2.33. The van der Waals surface area contributed by atoms with Crippen LogP contribution in [-0.2, 0) is 11.3 Å². The van der Waals surface area contributed by atoms with Gasteiger partial charge in [-0.05, 0) is 50.3 Å². The number of hydrogen-bond donors (Lipinski definition) is 2. The lowest BCUT2D eigenvalue weighted by Crippen LogP contribution is -2.35. The molecular formula is C30H39N5O4. The SMILES string of the molecule is COc1nc2c(cc1C(=O)N1CCCCNC(c3ccccc3)CC(=O)NCCC1)C(=O)N(C1CCCC1)C2. The maximum atomic E-state index is 13.8. The van der Waals surface area contributed by atoms with Gasteiger partial charge in [-0.1, -0.05) is 43.2 Å². The number of rotatable bonds is 4. The lowest BCUT2D eigenvalue weighted by Gasteiger charge is -2.24. The van der Waals surface area contributed by atoms with Crippen molar-refractivity contribution in [2.24, 2.45) is 0 Å². The molecule has 5 rings (SSSR count). The quantitative estimate of drug-likeness (QED) is 0.624. The van der Waals surface area contributed by atoms with Crippen LogP contribution in [0.15, 0.2) is 36.4 Å². The summed E-state index contributed by atoms with van der Waals surface area (Å²) in [5, 5.41) is 6.53. The van der Waals surface area contributed by atoms with E-state index in [1.807, 2.05) is 35.2 Å². The summed E-state index contributed by atoms with van der Waals surface area (Å²) in [5.74, 6) is 0.0325. The molecule has 9 nitrogen and oxygen atoms in total. The Kier molecular flexibility index (Phi) is 8.76. The summed E-state index contributed by atoms with van der Waals surface area (Å²) in [6.45, 7) is 2.77. The molecule has 9 heteroatoms. The van der Waals surface area contributed by atoms with Crippen LogP contribution in [-0.4, -0.2) is 71.8 Å². The summed E-state index contributed by atoms with van der Waals surface area (Å²) >= 11 is 0. The molecule has 1 aromatic carbocycles. The third-order valence-corrected chi connectivity index (χ3v) is 8.12. The normalized spacial score (nSPS) is 21.5. The Bertz CT molecular complexity index is 1180. The number of aromatic nitrogens is 1. The minimum atomic E-state index is -0.189. The second-order valence-corrected chi connectivity index (χ2v) is 10.7. The Balaban J connectivity index is 1.29. The van der Waals surface area contributed by atoms with E-state index < -0.39 is 0 Å². The van der Waals surface area contributed by atoms with Gasteiger partial charge in [-0.15, -0.1) is 0 Å². The highest BCUT2D eigenvalue weighted by Gasteiger charge is 2.37. The van der Waals surface area contributed by atoms with Crippen molar-refractivity contribution in [3.05, 3.63) is 58.8 Å².